The maximum Gasteiger partial charge on any atom is 0.178 e. The molecule has 0 saturated heterocycles. The lowest BCUT2D eigenvalue weighted by molar-refractivity contribution is -0.121. The molecule has 0 radical (unpaired) electrons. The van der Waals surface area contributed by atoms with Gasteiger partial charge in [0.05, 0.1) is 5.57 Å². The van der Waals surface area contributed by atoms with Crippen molar-refractivity contribution in [3.63, 3.8) is 0 Å². The monoisotopic (exact) mass is 229 g/mol. The summed E-state index contributed by atoms with van der Waals surface area (Å²) in [6.07, 6.45) is 1.53. The summed E-state index contributed by atoms with van der Waals surface area (Å²) < 4.78 is 0. The van der Waals surface area contributed by atoms with Crippen LogP contribution in [0.1, 0.15) is 26.3 Å². The van der Waals surface area contributed by atoms with Crippen LogP contribution in [0.15, 0.2) is 29.8 Å². The molecule has 1 rings (SSSR count). The highest BCUT2D eigenvalue weighted by molar-refractivity contribution is 6.06. The van der Waals surface area contributed by atoms with E-state index in [0.29, 0.717) is 0 Å². The second-order valence-corrected chi connectivity index (χ2v) is 4.84. The molecule has 1 N–H and O–H groups in total. The van der Waals surface area contributed by atoms with Gasteiger partial charge in [-0.15, -0.1) is 0 Å². The minimum atomic E-state index is -0.571. The van der Waals surface area contributed by atoms with E-state index >= 15 is 0 Å². The summed E-state index contributed by atoms with van der Waals surface area (Å²) in [5.41, 5.74) is 0.276. The van der Waals surface area contributed by atoms with Gasteiger partial charge in [0, 0.05) is 5.41 Å². The fourth-order valence-corrected chi connectivity index (χ4v) is 1.29. The first-order valence-corrected chi connectivity index (χ1v) is 5.30. The van der Waals surface area contributed by atoms with Gasteiger partial charge in [-0.1, -0.05) is 32.9 Å². The molecule has 17 heavy (non-hydrogen) atoms. The van der Waals surface area contributed by atoms with Gasteiger partial charge in [-0.25, -0.2) is 0 Å². The minimum absolute atomic E-state index is 0.128. The summed E-state index contributed by atoms with van der Waals surface area (Å²) in [5, 5.41) is 18.1. The van der Waals surface area contributed by atoms with Crippen molar-refractivity contribution in [3.05, 3.63) is 35.4 Å². The van der Waals surface area contributed by atoms with Gasteiger partial charge >= 0.3 is 0 Å². The topological polar surface area (TPSA) is 61.1 Å². The summed E-state index contributed by atoms with van der Waals surface area (Å²) in [6.45, 7) is 5.33. The summed E-state index contributed by atoms with van der Waals surface area (Å²) in [7, 11) is 0. The van der Waals surface area contributed by atoms with Gasteiger partial charge in [0.2, 0.25) is 0 Å². The smallest absolute Gasteiger partial charge is 0.178 e. The Bertz CT molecular complexity index is 484. The van der Waals surface area contributed by atoms with Crippen LogP contribution in [0.3, 0.4) is 0 Å². The Labute approximate surface area is 101 Å². The van der Waals surface area contributed by atoms with Gasteiger partial charge in [0.1, 0.15) is 11.8 Å². The molecule has 1 aromatic carbocycles. The molecule has 0 unspecified atom stereocenters. The van der Waals surface area contributed by atoms with E-state index in [2.05, 4.69) is 0 Å². The third-order valence-electron chi connectivity index (χ3n) is 2.25. The van der Waals surface area contributed by atoms with Crippen molar-refractivity contribution in [2.45, 2.75) is 20.8 Å². The lowest BCUT2D eigenvalue weighted by atomic mass is 9.86. The van der Waals surface area contributed by atoms with Crippen molar-refractivity contribution in [1.82, 2.24) is 0 Å². The Morgan fingerprint density at radius 2 is 1.82 bits per heavy atom. The molecule has 0 aliphatic carbocycles. The highest BCUT2D eigenvalue weighted by Gasteiger charge is 2.24. The number of rotatable bonds is 2. The Kier molecular flexibility index (Phi) is 3.69. The Morgan fingerprint density at radius 1 is 1.29 bits per heavy atom. The summed E-state index contributed by atoms with van der Waals surface area (Å²) in [5.74, 6) is -0.0316. The van der Waals surface area contributed by atoms with E-state index in [1.54, 1.807) is 32.9 Å². The molecule has 0 spiro atoms. The van der Waals surface area contributed by atoms with Crippen LogP contribution in [-0.4, -0.2) is 10.9 Å². The number of phenols is 1. The highest BCUT2D eigenvalue weighted by Crippen LogP contribution is 2.21. The third kappa shape index (κ3) is 3.46. The normalized spacial score (nSPS) is 12.0. The Hall–Kier alpha value is -2.08. The molecule has 0 fully saturated rings. The van der Waals surface area contributed by atoms with Crippen molar-refractivity contribution >= 4 is 11.9 Å². The molecule has 0 aromatic heterocycles. The van der Waals surface area contributed by atoms with Crippen molar-refractivity contribution in [1.29, 1.82) is 5.26 Å². The van der Waals surface area contributed by atoms with Crippen LogP contribution in [0.4, 0.5) is 0 Å². The highest BCUT2D eigenvalue weighted by atomic mass is 16.3. The predicted octanol–water partition coefficient (Wildman–Crippen LogP) is 2.91. The van der Waals surface area contributed by atoms with Crippen LogP contribution in [0, 0.1) is 16.7 Å². The summed E-state index contributed by atoms with van der Waals surface area (Å²) in [4.78, 5) is 11.9. The van der Waals surface area contributed by atoms with E-state index in [-0.39, 0.29) is 17.1 Å². The van der Waals surface area contributed by atoms with Gasteiger partial charge in [-0.3, -0.25) is 4.79 Å². The molecule has 3 heteroatoms. The van der Waals surface area contributed by atoms with E-state index in [9.17, 15) is 4.79 Å². The van der Waals surface area contributed by atoms with Crippen molar-refractivity contribution in [2.75, 3.05) is 0 Å². The average Bonchev–Trinajstić information content (AvgIpc) is 2.26. The van der Waals surface area contributed by atoms with Crippen LogP contribution in [0.5, 0.6) is 5.75 Å². The van der Waals surface area contributed by atoms with Crippen LogP contribution in [-0.2, 0) is 4.79 Å². The number of benzene rings is 1. The van der Waals surface area contributed by atoms with Crippen LogP contribution in [0.2, 0.25) is 0 Å². The second-order valence-electron chi connectivity index (χ2n) is 4.84. The van der Waals surface area contributed by atoms with E-state index in [1.807, 2.05) is 6.07 Å². The minimum Gasteiger partial charge on any atom is -0.508 e. The molecule has 0 amide bonds. The molecule has 0 bridgehead atoms. The van der Waals surface area contributed by atoms with Gasteiger partial charge in [0.25, 0.3) is 0 Å². The molecule has 0 atom stereocenters. The summed E-state index contributed by atoms with van der Waals surface area (Å²) >= 11 is 0. The van der Waals surface area contributed by atoms with Crippen LogP contribution < -0.4 is 0 Å². The molecule has 1 aromatic rings. The molecule has 0 aliphatic rings. The molecule has 88 valence electrons. The first-order chi connectivity index (χ1) is 7.84. The number of carbonyl (C=O) groups is 1. The number of allylic oxidation sites excluding steroid dienone is 1. The van der Waals surface area contributed by atoms with E-state index in [0.717, 1.165) is 5.56 Å². The maximum atomic E-state index is 11.9. The van der Waals surface area contributed by atoms with Gasteiger partial charge in [-0.05, 0) is 23.8 Å². The third-order valence-corrected chi connectivity index (χ3v) is 2.25. The second kappa shape index (κ2) is 4.84. The maximum absolute atomic E-state index is 11.9. The molecule has 0 heterocycles. The van der Waals surface area contributed by atoms with Gasteiger partial charge < -0.3 is 5.11 Å². The zero-order valence-electron chi connectivity index (χ0n) is 10.2. The summed E-state index contributed by atoms with van der Waals surface area (Å²) in [6, 6.07) is 8.26. The molecule has 0 saturated carbocycles. The van der Waals surface area contributed by atoms with E-state index in [1.165, 1.54) is 18.2 Å². The average molecular weight is 229 g/mol. The fourth-order valence-electron chi connectivity index (χ4n) is 1.29. The largest absolute Gasteiger partial charge is 0.508 e. The van der Waals surface area contributed by atoms with E-state index in [4.69, 9.17) is 10.4 Å². The fraction of sp³-hybridized carbons (Fsp3) is 0.286. The van der Waals surface area contributed by atoms with Crippen molar-refractivity contribution < 1.29 is 9.90 Å². The van der Waals surface area contributed by atoms with E-state index < -0.39 is 5.41 Å². The number of hydrogen-bond acceptors (Lipinski definition) is 3. The number of hydrogen-bond donors (Lipinski definition) is 1. The van der Waals surface area contributed by atoms with Gasteiger partial charge in [0.15, 0.2) is 5.78 Å². The SMILES string of the molecule is CC(C)(C)C(=O)/C(C#N)=C\c1ccc(O)cc1. The molecule has 3 nitrogen and oxygen atoms in total. The molecule has 0 aliphatic heterocycles. The first-order valence-electron chi connectivity index (χ1n) is 5.30. The number of nitrogens with zero attached hydrogens (tertiary/aromatic N) is 1. The Morgan fingerprint density at radius 3 is 2.24 bits per heavy atom. The number of Topliss-reactive ketones (excluding diaryl/α,β-unsaturated/α-hetero) is 1. The van der Waals surface area contributed by atoms with Crippen LogP contribution >= 0.6 is 0 Å². The standard InChI is InChI=1S/C14H15NO2/c1-14(2,3)13(17)11(9-15)8-10-4-6-12(16)7-5-10/h4-8,16H,1-3H3/b11-8-. The number of nitriles is 1. The lowest BCUT2D eigenvalue weighted by Gasteiger charge is -2.15. The zero-order chi connectivity index (χ0) is 13.1. The quantitative estimate of drug-likeness (QED) is 0.626. The zero-order valence-corrected chi connectivity index (χ0v) is 10.2. The predicted molar refractivity (Wildman–Crippen MR) is 66.2 cm³/mol. The first kappa shape index (κ1) is 13.0. The molecular weight excluding hydrogens is 214 g/mol. The number of aromatic hydroxyl groups is 1. The van der Waals surface area contributed by atoms with Crippen molar-refractivity contribution in [2.24, 2.45) is 5.41 Å². The molecular formula is C14H15NO2. The van der Waals surface area contributed by atoms with Crippen molar-refractivity contribution in [3.8, 4) is 11.8 Å². The van der Waals surface area contributed by atoms with Gasteiger partial charge in [-0.2, -0.15) is 5.26 Å². The number of carbonyl (C=O) groups excluding carboxylic acids is 1. The lowest BCUT2D eigenvalue weighted by Crippen LogP contribution is -2.21. The Balaban J connectivity index is 3.08. The number of phenolic OH excluding ortho intramolecular Hbond substituents is 1. The van der Waals surface area contributed by atoms with Crippen LogP contribution in [0.25, 0.3) is 6.08 Å². The number of ketones is 1.